The lowest BCUT2D eigenvalue weighted by molar-refractivity contribution is 0.398. The summed E-state index contributed by atoms with van der Waals surface area (Å²) in [5.74, 6) is 0.907. The van der Waals surface area contributed by atoms with Crippen LogP contribution in [-0.4, -0.2) is 19.3 Å². The summed E-state index contributed by atoms with van der Waals surface area (Å²) in [6.45, 7) is 3.52. The highest BCUT2D eigenvalue weighted by Crippen LogP contribution is 2.01. The molecule has 1 aromatic heterocycles. The van der Waals surface area contributed by atoms with Gasteiger partial charge < -0.3 is 9.23 Å². The molecule has 0 aliphatic carbocycles. The van der Waals surface area contributed by atoms with Crippen LogP contribution >= 0.6 is 0 Å². The molecule has 0 spiro atoms. The Hall–Kier alpha value is -0.695. The van der Waals surface area contributed by atoms with Gasteiger partial charge in [0.15, 0.2) is 7.98 Å². The molecule has 0 amide bonds. The normalized spacial score (nSPS) is 10.6. The molecule has 0 aliphatic heterocycles. The van der Waals surface area contributed by atoms with Crippen LogP contribution in [0.25, 0.3) is 0 Å². The molecule has 1 heterocycles. The van der Waals surface area contributed by atoms with Gasteiger partial charge in [-0.25, -0.2) is 0 Å². The van der Waals surface area contributed by atoms with Crippen LogP contribution in [0.5, 0.6) is 0 Å². The number of nitrogens with zero attached hydrogens (tertiary/aromatic N) is 1. The summed E-state index contributed by atoms with van der Waals surface area (Å²) < 4.78 is 5.08. The minimum atomic E-state index is 0.684. The smallest absolute Gasteiger partial charge is 0.183 e. The fraction of sp³-hybridized carbons (Fsp3) is 0.429. The first-order valence-corrected chi connectivity index (χ1v) is 3.35. The van der Waals surface area contributed by atoms with E-state index in [0.717, 1.165) is 12.3 Å². The van der Waals surface area contributed by atoms with E-state index in [4.69, 9.17) is 12.4 Å². The van der Waals surface area contributed by atoms with E-state index < -0.39 is 0 Å². The number of hydrogen-bond donors (Lipinski definition) is 0. The summed E-state index contributed by atoms with van der Waals surface area (Å²) in [6, 6.07) is 3.77. The largest absolute Gasteiger partial charge is 0.468 e. The van der Waals surface area contributed by atoms with Gasteiger partial charge in [-0.15, -0.1) is 0 Å². The van der Waals surface area contributed by atoms with Gasteiger partial charge in [0.1, 0.15) is 5.76 Å². The van der Waals surface area contributed by atoms with Crippen LogP contribution in [0.4, 0.5) is 0 Å². The van der Waals surface area contributed by atoms with Crippen molar-refractivity contribution in [3.8, 4) is 0 Å². The molecular formula is C7H10BNO. The van der Waals surface area contributed by atoms with Crippen molar-refractivity contribution in [3.05, 3.63) is 24.2 Å². The van der Waals surface area contributed by atoms with E-state index in [1.54, 1.807) is 11.1 Å². The Morgan fingerprint density at radius 2 is 2.50 bits per heavy atom. The lowest BCUT2D eigenvalue weighted by atomic mass is 10.3. The van der Waals surface area contributed by atoms with Gasteiger partial charge in [-0.05, 0) is 18.7 Å². The number of furan rings is 1. The highest BCUT2D eigenvalue weighted by molar-refractivity contribution is 6.04. The molecule has 0 aliphatic rings. The minimum Gasteiger partial charge on any atom is -0.468 e. The molecule has 0 N–H and O–H groups in total. The molecule has 0 unspecified atom stereocenters. The van der Waals surface area contributed by atoms with Gasteiger partial charge in [0.2, 0.25) is 0 Å². The molecule has 0 atom stereocenters. The van der Waals surface area contributed by atoms with Crippen molar-refractivity contribution in [2.75, 3.05) is 6.54 Å². The van der Waals surface area contributed by atoms with Gasteiger partial charge >= 0.3 is 0 Å². The van der Waals surface area contributed by atoms with Gasteiger partial charge in [0, 0.05) is 6.54 Å². The maximum atomic E-state index is 5.54. The SMILES string of the molecule is [B]N(CC)Cc1ccco1. The lowest BCUT2D eigenvalue weighted by Gasteiger charge is -2.11. The number of hydrogen-bond acceptors (Lipinski definition) is 2. The third-order valence-electron chi connectivity index (χ3n) is 1.35. The molecule has 0 aromatic carbocycles. The highest BCUT2D eigenvalue weighted by atomic mass is 16.3. The van der Waals surface area contributed by atoms with Crippen molar-refractivity contribution in [2.24, 2.45) is 0 Å². The third kappa shape index (κ3) is 1.92. The van der Waals surface area contributed by atoms with E-state index >= 15 is 0 Å². The van der Waals surface area contributed by atoms with Crippen LogP contribution < -0.4 is 0 Å². The van der Waals surface area contributed by atoms with Crippen LogP contribution in [0.2, 0.25) is 0 Å². The van der Waals surface area contributed by atoms with E-state index in [1.807, 2.05) is 19.1 Å². The summed E-state index contributed by atoms with van der Waals surface area (Å²) in [6.07, 6.45) is 1.65. The molecule has 0 saturated heterocycles. The van der Waals surface area contributed by atoms with E-state index in [2.05, 4.69) is 0 Å². The third-order valence-corrected chi connectivity index (χ3v) is 1.35. The molecule has 1 rings (SSSR count). The van der Waals surface area contributed by atoms with Crippen molar-refractivity contribution in [3.63, 3.8) is 0 Å². The van der Waals surface area contributed by atoms with Crippen LogP contribution in [0.1, 0.15) is 12.7 Å². The Balaban J connectivity index is 2.40. The van der Waals surface area contributed by atoms with Gasteiger partial charge in [-0.3, -0.25) is 0 Å². The Morgan fingerprint density at radius 3 is 3.00 bits per heavy atom. The summed E-state index contributed by atoms with van der Waals surface area (Å²) in [7, 11) is 5.54. The summed E-state index contributed by atoms with van der Waals surface area (Å²) in [5, 5.41) is 0. The standard InChI is InChI=1S/C7H10BNO/c1-2-9(8)6-7-4-3-5-10-7/h3-5H,2,6H2,1H3. The molecule has 3 heteroatoms. The second-order valence-corrected chi connectivity index (χ2v) is 2.14. The van der Waals surface area contributed by atoms with Crippen LogP contribution in [-0.2, 0) is 6.54 Å². The summed E-state index contributed by atoms with van der Waals surface area (Å²) in [5.41, 5.74) is 0. The van der Waals surface area contributed by atoms with E-state index in [-0.39, 0.29) is 0 Å². The first-order chi connectivity index (χ1) is 4.83. The van der Waals surface area contributed by atoms with Crippen molar-refractivity contribution in [1.29, 1.82) is 0 Å². The van der Waals surface area contributed by atoms with Crippen LogP contribution in [0, 0.1) is 0 Å². The molecular weight excluding hydrogens is 125 g/mol. The predicted molar refractivity (Wildman–Crippen MR) is 40.5 cm³/mol. The molecule has 2 radical (unpaired) electrons. The van der Waals surface area contributed by atoms with Crippen molar-refractivity contribution in [2.45, 2.75) is 13.5 Å². The molecule has 10 heavy (non-hydrogen) atoms. The zero-order chi connectivity index (χ0) is 7.40. The van der Waals surface area contributed by atoms with E-state index in [9.17, 15) is 0 Å². The van der Waals surface area contributed by atoms with E-state index in [0.29, 0.717) is 6.54 Å². The van der Waals surface area contributed by atoms with Gasteiger partial charge in [0.25, 0.3) is 0 Å². The number of rotatable bonds is 3. The van der Waals surface area contributed by atoms with Gasteiger partial charge in [0.05, 0.1) is 6.26 Å². The topological polar surface area (TPSA) is 16.4 Å². The van der Waals surface area contributed by atoms with Crippen molar-refractivity contribution in [1.82, 2.24) is 4.81 Å². The Morgan fingerprint density at radius 1 is 1.70 bits per heavy atom. The molecule has 2 nitrogen and oxygen atoms in total. The average molecular weight is 135 g/mol. The summed E-state index contributed by atoms with van der Waals surface area (Å²) in [4.78, 5) is 1.69. The second-order valence-electron chi connectivity index (χ2n) is 2.14. The zero-order valence-electron chi connectivity index (χ0n) is 6.08. The zero-order valence-corrected chi connectivity index (χ0v) is 6.08. The van der Waals surface area contributed by atoms with Crippen LogP contribution in [0.3, 0.4) is 0 Å². The average Bonchev–Trinajstić information content (AvgIpc) is 2.40. The maximum Gasteiger partial charge on any atom is 0.183 e. The fourth-order valence-electron chi connectivity index (χ4n) is 0.715. The molecule has 0 saturated carbocycles. The monoisotopic (exact) mass is 135 g/mol. The Bertz CT molecular complexity index is 174. The molecule has 0 bridgehead atoms. The Labute approximate surface area is 62.3 Å². The minimum absolute atomic E-state index is 0.684. The molecule has 52 valence electrons. The summed E-state index contributed by atoms with van der Waals surface area (Å²) >= 11 is 0. The first-order valence-electron chi connectivity index (χ1n) is 3.35. The lowest BCUT2D eigenvalue weighted by Crippen LogP contribution is -2.18. The van der Waals surface area contributed by atoms with Gasteiger partial charge in [-0.1, -0.05) is 6.92 Å². The quantitative estimate of drug-likeness (QED) is 0.578. The Kier molecular flexibility index (Phi) is 2.57. The highest BCUT2D eigenvalue weighted by Gasteiger charge is 1.97. The van der Waals surface area contributed by atoms with Crippen LogP contribution in [0.15, 0.2) is 22.8 Å². The molecule has 1 aromatic rings. The fourth-order valence-corrected chi connectivity index (χ4v) is 0.715. The van der Waals surface area contributed by atoms with Crippen molar-refractivity contribution >= 4 is 7.98 Å². The van der Waals surface area contributed by atoms with Crippen molar-refractivity contribution < 1.29 is 4.42 Å². The first kappa shape index (κ1) is 7.41. The predicted octanol–water partition coefficient (Wildman–Crippen LogP) is 1.19. The maximum absolute atomic E-state index is 5.54. The van der Waals surface area contributed by atoms with E-state index in [1.165, 1.54) is 0 Å². The second kappa shape index (κ2) is 3.47. The van der Waals surface area contributed by atoms with Gasteiger partial charge in [-0.2, -0.15) is 0 Å². The molecule has 0 fully saturated rings.